The lowest BCUT2D eigenvalue weighted by Crippen LogP contribution is -2.21. The van der Waals surface area contributed by atoms with Gasteiger partial charge in [0.05, 0.1) is 12.2 Å². The van der Waals surface area contributed by atoms with Crippen LogP contribution in [0.3, 0.4) is 0 Å². The second-order valence-corrected chi connectivity index (χ2v) is 2.73. The number of aromatic nitrogens is 1. The quantitative estimate of drug-likeness (QED) is 0.560. The minimum absolute atomic E-state index is 0.169. The predicted molar refractivity (Wildman–Crippen MR) is 41.7 cm³/mol. The first-order valence-electron chi connectivity index (χ1n) is 3.78. The molecule has 0 amide bonds. The van der Waals surface area contributed by atoms with Crippen molar-refractivity contribution >= 4 is 5.78 Å². The van der Waals surface area contributed by atoms with Crippen molar-refractivity contribution in [2.75, 3.05) is 13.1 Å². The molecule has 2 heterocycles. The third kappa shape index (κ3) is 1.07. The van der Waals surface area contributed by atoms with Gasteiger partial charge in [-0.15, -0.1) is 0 Å². The first kappa shape index (κ1) is 6.61. The second kappa shape index (κ2) is 2.51. The van der Waals surface area contributed by atoms with Crippen LogP contribution in [0.1, 0.15) is 16.1 Å². The molecular weight excluding hydrogens is 140 g/mol. The Bertz CT molecular complexity index is 277. The maximum Gasteiger partial charge on any atom is 0.192 e. The van der Waals surface area contributed by atoms with Gasteiger partial charge in [0.15, 0.2) is 5.78 Å². The fourth-order valence-electron chi connectivity index (χ4n) is 1.38. The van der Waals surface area contributed by atoms with Crippen LogP contribution >= 0.6 is 0 Å². The third-order valence-electron chi connectivity index (χ3n) is 1.97. The maximum atomic E-state index is 11.3. The Hall–Kier alpha value is -1.09. The van der Waals surface area contributed by atoms with Crippen molar-refractivity contribution in [1.29, 1.82) is 0 Å². The number of hydrogen-bond acceptors (Lipinski definition) is 2. The van der Waals surface area contributed by atoms with Gasteiger partial charge in [0.25, 0.3) is 0 Å². The van der Waals surface area contributed by atoms with Gasteiger partial charge in [-0.3, -0.25) is 4.79 Å². The van der Waals surface area contributed by atoms with Crippen LogP contribution in [0.4, 0.5) is 0 Å². The van der Waals surface area contributed by atoms with E-state index in [1.54, 1.807) is 0 Å². The van der Waals surface area contributed by atoms with E-state index >= 15 is 0 Å². The molecule has 0 aromatic carbocycles. The molecule has 1 aromatic rings. The fourth-order valence-corrected chi connectivity index (χ4v) is 1.38. The summed E-state index contributed by atoms with van der Waals surface area (Å²) in [5.74, 6) is 0.169. The highest BCUT2D eigenvalue weighted by atomic mass is 16.1. The number of fused-ring (bicyclic) bond motifs is 1. The molecule has 2 N–H and O–H groups in total. The highest BCUT2D eigenvalue weighted by Gasteiger charge is 2.14. The van der Waals surface area contributed by atoms with Crippen molar-refractivity contribution < 1.29 is 4.79 Å². The van der Waals surface area contributed by atoms with Crippen molar-refractivity contribution in [2.45, 2.75) is 6.42 Å². The zero-order valence-electron chi connectivity index (χ0n) is 6.18. The molecule has 0 radical (unpaired) electrons. The number of ketones is 1. The molecule has 11 heavy (non-hydrogen) atoms. The average Bonchev–Trinajstić information content (AvgIpc) is 2.40. The summed E-state index contributed by atoms with van der Waals surface area (Å²) in [6.07, 6.45) is 2.78. The van der Waals surface area contributed by atoms with Gasteiger partial charge in [0, 0.05) is 6.20 Å². The first-order valence-corrected chi connectivity index (χ1v) is 3.78. The minimum Gasteiger partial charge on any atom is -0.359 e. The molecule has 1 aliphatic heterocycles. The Morgan fingerprint density at radius 2 is 2.36 bits per heavy atom. The van der Waals surface area contributed by atoms with Crippen molar-refractivity contribution in [2.24, 2.45) is 0 Å². The largest absolute Gasteiger partial charge is 0.359 e. The van der Waals surface area contributed by atoms with Gasteiger partial charge in [0.1, 0.15) is 0 Å². The number of carbonyl (C=O) groups is 1. The molecule has 3 heteroatoms. The Labute approximate surface area is 64.8 Å². The molecule has 3 nitrogen and oxygen atoms in total. The van der Waals surface area contributed by atoms with Crippen molar-refractivity contribution in [3.8, 4) is 0 Å². The zero-order valence-corrected chi connectivity index (χ0v) is 6.18. The first-order chi connectivity index (χ1) is 5.38. The monoisotopic (exact) mass is 150 g/mol. The highest BCUT2D eigenvalue weighted by molar-refractivity contribution is 5.97. The van der Waals surface area contributed by atoms with Crippen LogP contribution in [0, 0.1) is 0 Å². The van der Waals surface area contributed by atoms with E-state index < -0.39 is 0 Å². The number of nitrogens with one attached hydrogen (secondary N) is 2. The van der Waals surface area contributed by atoms with E-state index in [0.717, 1.165) is 24.2 Å². The molecule has 0 spiro atoms. The Morgan fingerprint density at radius 3 is 3.27 bits per heavy atom. The maximum absolute atomic E-state index is 11.3. The van der Waals surface area contributed by atoms with Gasteiger partial charge >= 0.3 is 0 Å². The molecule has 0 atom stereocenters. The number of H-pyrrole nitrogens is 1. The fraction of sp³-hybridized carbons (Fsp3) is 0.375. The average molecular weight is 150 g/mol. The lowest BCUT2D eigenvalue weighted by Gasteiger charge is -1.93. The molecule has 58 valence electrons. The lowest BCUT2D eigenvalue weighted by atomic mass is 10.1. The van der Waals surface area contributed by atoms with Gasteiger partial charge in [-0.2, -0.15) is 0 Å². The predicted octanol–water partition coefficient (Wildman–Crippen LogP) is 0.343. The molecule has 0 bridgehead atoms. The molecule has 1 aromatic heterocycles. The molecule has 0 unspecified atom stereocenters. The van der Waals surface area contributed by atoms with Crippen LogP contribution in [-0.2, 0) is 6.42 Å². The second-order valence-electron chi connectivity index (χ2n) is 2.73. The Balaban J connectivity index is 2.41. The number of rotatable bonds is 0. The number of aromatic amines is 1. The van der Waals surface area contributed by atoms with E-state index in [1.165, 1.54) is 0 Å². The standard InChI is InChI=1S/C8H10N2O/c11-7-5-9-3-1-6-2-4-10-8(6)7/h2,4,9-10H,1,3,5H2. The van der Waals surface area contributed by atoms with Crippen molar-refractivity contribution in [1.82, 2.24) is 10.3 Å². The molecule has 0 saturated heterocycles. The number of Topliss-reactive ketones (excluding diaryl/α,β-unsaturated/α-hetero) is 1. The van der Waals surface area contributed by atoms with Crippen molar-refractivity contribution in [3.05, 3.63) is 23.5 Å². The van der Waals surface area contributed by atoms with E-state index in [0.29, 0.717) is 6.54 Å². The van der Waals surface area contributed by atoms with Crippen molar-refractivity contribution in [3.63, 3.8) is 0 Å². The summed E-state index contributed by atoms with van der Waals surface area (Å²) >= 11 is 0. The molecule has 0 fully saturated rings. The summed E-state index contributed by atoms with van der Waals surface area (Å²) in [4.78, 5) is 14.2. The number of carbonyl (C=O) groups excluding carboxylic acids is 1. The van der Waals surface area contributed by atoms with Gasteiger partial charge in [-0.25, -0.2) is 0 Å². The van der Waals surface area contributed by atoms with E-state index in [9.17, 15) is 4.79 Å². The van der Waals surface area contributed by atoms with Gasteiger partial charge in [-0.1, -0.05) is 0 Å². The van der Waals surface area contributed by atoms with Gasteiger partial charge < -0.3 is 10.3 Å². The lowest BCUT2D eigenvalue weighted by molar-refractivity contribution is 0.0990. The van der Waals surface area contributed by atoms with Crippen LogP contribution in [0.2, 0.25) is 0 Å². The van der Waals surface area contributed by atoms with E-state index in [1.807, 2.05) is 12.3 Å². The molecule has 2 rings (SSSR count). The summed E-state index contributed by atoms with van der Waals surface area (Å²) in [5, 5.41) is 3.06. The zero-order chi connectivity index (χ0) is 7.68. The number of hydrogen-bond donors (Lipinski definition) is 2. The van der Waals surface area contributed by atoms with Gasteiger partial charge in [0.2, 0.25) is 0 Å². The summed E-state index contributed by atoms with van der Waals surface area (Å²) in [6.45, 7) is 1.37. The van der Waals surface area contributed by atoms with E-state index in [2.05, 4.69) is 10.3 Å². The summed E-state index contributed by atoms with van der Waals surface area (Å²) in [6, 6.07) is 1.97. The normalized spacial score (nSPS) is 17.6. The highest BCUT2D eigenvalue weighted by Crippen LogP contribution is 2.09. The summed E-state index contributed by atoms with van der Waals surface area (Å²) in [5.41, 5.74) is 1.93. The molecular formula is C8H10N2O. The Kier molecular flexibility index (Phi) is 1.51. The van der Waals surface area contributed by atoms with Crippen LogP contribution in [0.25, 0.3) is 0 Å². The minimum atomic E-state index is 0.169. The molecule has 0 aliphatic carbocycles. The van der Waals surface area contributed by atoms with Crippen LogP contribution in [0.15, 0.2) is 12.3 Å². The topological polar surface area (TPSA) is 44.9 Å². The Morgan fingerprint density at radius 1 is 1.45 bits per heavy atom. The third-order valence-corrected chi connectivity index (χ3v) is 1.97. The van der Waals surface area contributed by atoms with E-state index in [4.69, 9.17) is 0 Å². The smallest absolute Gasteiger partial charge is 0.192 e. The van der Waals surface area contributed by atoms with E-state index in [-0.39, 0.29) is 5.78 Å². The summed E-state index contributed by atoms with van der Waals surface area (Å²) in [7, 11) is 0. The molecule has 1 aliphatic rings. The van der Waals surface area contributed by atoms with Crippen LogP contribution in [-0.4, -0.2) is 23.9 Å². The molecule has 0 saturated carbocycles. The van der Waals surface area contributed by atoms with Gasteiger partial charge in [-0.05, 0) is 24.6 Å². The van der Waals surface area contributed by atoms with Crippen LogP contribution < -0.4 is 5.32 Å². The SMILES string of the molecule is O=C1CNCCc2cc[nH]c21. The summed E-state index contributed by atoms with van der Waals surface area (Å²) < 4.78 is 0. The van der Waals surface area contributed by atoms with Crippen LogP contribution in [0.5, 0.6) is 0 Å².